The number of aromatic amines is 1. The first-order valence-corrected chi connectivity index (χ1v) is 7.65. The van der Waals surface area contributed by atoms with Crippen molar-refractivity contribution in [1.82, 2.24) is 20.1 Å². The molecule has 0 bridgehead atoms. The van der Waals surface area contributed by atoms with Crippen LogP contribution in [0, 0.1) is 13.8 Å². The molecule has 120 valence electrons. The Morgan fingerprint density at radius 2 is 2.09 bits per heavy atom. The van der Waals surface area contributed by atoms with Crippen molar-refractivity contribution in [2.45, 2.75) is 52.2 Å². The van der Waals surface area contributed by atoms with E-state index in [-0.39, 0.29) is 18.1 Å². The molecule has 7 heteroatoms. The number of hydrogen-bond donors (Lipinski definition) is 1. The van der Waals surface area contributed by atoms with E-state index in [2.05, 4.69) is 25.0 Å². The minimum Gasteiger partial charge on any atom is -0.380 e. The lowest BCUT2D eigenvalue weighted by Gasteiger charge is -2.19. The van der Waals surface area contributed by atoms with Gasteiger partial charge >= 0.3 is 6.01 Å². The second-order valence-corrected chi connectivity index (χ2v) is 6.18. The number of anilines is 1. The lowest BCUT2D eigenvalue weighted by molar-refractivity contribution is 0.118. The molecule has 0 unspecified atom stereocenters. The third-order valence-electron chi connectivity index (χ3n) is 4.25. The number of methoxy groups -OCH3 is 1. The second-order valence-electron chi connectivity index (χ2n) is 6.18. The van der Waals surface area contributed by atoms with Gasteiger partial charge in [0.15, 0.2) is 5.82 Å². The second kappa shape index (κ2) is 5.72. The molecule has 2 aromatic heterocycles. The summed E-state index contributed by atoms with van der Waals surface area (Å²) in [4.78, 5) is 14.6. The van der Waals surface area contributed by atoms with Crippen LogP contribution in [0.5, 0.6) is 0 Å². The first kappa shape index (κ1) is 15.0. The highest BCUT2D eigenvalue weighted by Gasteiger charge is 2.38. The van der Waals surface area contributed by atoms with Crippen molar-refractivity contribution in [3.63, 3.8) is 0 Å². The first-order valence-electron chi connectivity index (χ1n) is 7.65. The quantitative estimate of drug-likeness (QED) is 0.935. The molecule has 2 atom stereocenters. The zero-order chi connectivity index (χ0) is 15.9. The van der Waals surface area contributed by atoms with Crippen LogP contribution in [0.1, 0.15) is 55.3 Å². The number of aromatic nitrogens is 4. The molecule has 0 aromatic carbocycles. The fourth-order valence-corrected chi connectivity index (χ4v) is 2.75. The molecule has 2 aromatic rings. The van der Waals surface area contributed by atoms with E-state index in [1.54, 1.807) is 7.11 Å². The van der Waals surface area contributed by atoms with Gasteiger partial charge < -0.3 is 19.1 Å². The maximum atomic E-state index is 5.53. The summed E-state index contributed by atoms with van der Waals surface area (Å²) in [6.07, 6.45) is 0.979. The van der Waals surface area contributed by atoms with Crippen LogP contribution < -0.4 is 4.90 Å². The third kappa shape index (κ3) is 2.61. The predicted molar refractivity (Wildman–Crippen MR) is 81.9 cm³/mol. The Balaban J connectivity index is 1.91. The number of ether oxygens (including phenoxy) is 1. The summed E-state index contributed by atoms with van der Waals surface area (Å²) in [5, 5.41) is 4.06. The molecule has 1 aliphatic rings. The van der Waals surface area contributed by atoms with E-state index in [9.17, 15) is 0 Å². The van der Waals surface area contributed by atoms with Gasteiger partial charge in [0.2, 0.25) is 0 Å². The molecule has 1 N–H and O–H groups in total. The molecule has 0 radical (unpaired) electrons. The highest BCUT2D eigenvalue weighted by molar-refractivity contribution is 5.34. The number of rotatable bonds is 4. The summed E-state index contributed by atoms with van der Waals surface area (Å²) in [5.41, 5.74) is 2.11. The molecule has 3 rings (SSSR count). The van der Waals surface area contributed by atoms with E-state index >= 15 is 0 Å². The van der Waals surface area contributed by atoms with Crippen LogP contribution in [0.15, 0.2) is 4.52 Å². The molecule has 1 aliphatic heterocycles. The van der Waals surface area contributed by atoms with Gasteiger partial charge in [0.1, 0.15) is 5.82 Å². The molecular weight excluding hydrogens is 282 g/mol. The van der Waals surface area contributed by atoms with E-state index in [0.29, 0.717) is 6.01 Å². The van der Waals surface area contributed by atoms with E-state index < -0.39 is 0 Å². The van der Waals surface area contributed by atoms with Gasteiger partial charge in [0.05, 0.1) is 17.8 Å². The standard InChI is InChI=1S/C15H23N5O2/c1-8(2)13-18-15(22-19-13)20-7-11(21-5)6-12(20)14-16-9(3)10(4)17-14/h8,11-12H,6-7H2,1-5H3,(H,16,17)/t11-,12+/m1/s1. The van der Waals surface area contributed by atoms with Crippen LogP contribution >= 0.6 is 0 Å². The average molecular weight is 305 g/mol. The lowest BCUT2D eigenvalue weighted by Crippen LogP contribution is -2.25. The van der Waals surface area contributed by atoms with Crippen molar-refractivity contribution >= 4 is 6.01 Å². The Labute approximate surface area is 130 Å². The number of hydrogen-bond acceptors (Lipinski definition) is 6. The van der Waals surface area contributed by atoms with Crippen LogP contribution in [0.2, 0.25) is 0 Å². The smallest absolute Gasteiger partial charge is 0.324 e. The fourth-order valence-electron chi connectivity index (χ4n) is 2.75. The molecular formula is C15H23N5O2. The summed E-state index contributed by atoms with van der Waals surface area (Å²) >= 11 is 0. The van der Waals surface area contributed by atoms with Gasteiger partial charge in [0, 0.05) is 31.7 Å². The molecule has 0 amide bonds. The van der Waals surface area contributed by atoms with Gasteiger partial charge in [-0.15, -0.1) is 0 Å². The predicted octanol–water partition coefficient (Wildman–Crippen LogP) is 2.50. The van der Waals surface area contributed by atoms with E-state index in [4.69, 9.17) is 9.26 Å². The summed E-state index contributed by atoms with van der Waals surface area (Å²) in [7, 11) is 1.73. The van der Waals surface area contributed by atoms with Crippen molar-refractivity contribution < 1.29 is 9.26 Å². The van der Waals surface area contributed by atoms with Gasteiger partial charge in [-0.2, -0.15) is 4.98 Å². The Morgan fingerprint density at radius 3 is 2.64 bits per heavy atom. The van der Waals surface area contributed by atoms with Gasteiger partial charge in [0.25, 0.3) is 0 Å². The molecule has 22 heavy (non-hydrogen) atoms. The van der Waals surface area contributed by atoms with Gasteiger partial charge in [-0.1, -0.05) is 19.0 Å². The maximum Gasteiger partial charge on any atom is 0.324 e. The molecule has 3 heterocycles. The van der Waals surface area contributed by atoms with Gasteiger partial charge in [-0.05, 0) is 13.8 Å². The Kier molecular flexibility index (Phi) is 3.90. The van der Waals surface area contributed by atoms with Gasteiger partial charge in [-0.25, -0.2) is 4.98 Å². The topological polar surface area (TPSA) is 80.1 Å². The van der Waals surface area contributed by atoms with Crippen molar-refractivity contribution in [3.05, 3.63) is 23.0 Å². The molecule has 0 spiro atoms. The minimum atomic E-state index is 0.0674. The van der Waals surface area contributed by atoms with Gasteiger partial charge in [-0.3, -0.25) is 0 Å². The van der Waals surface area contributed by atoms with Crippen LogP contribution in [-0.4, -0.2) is 39.9 Å². The molecule has 0 aliphatic carbocycles. The summed E-state index contributed by atoms with van der Waals surface area (Å²) in [6, 6.07) is 0.609. The van der Waals surface area contributed by atoms with Crippen molar-refractivity contribution in [1.29, 1.82) is 0 Å². The number of H-pyrrole nitrogens is 1. The normalized spacial score (nSPS) is 22.0. The molecule has 0 saturated carbocycles. The fraction of sp³-hybridized carbons (Fsp3) is 0.667. The van der Waals surface area contributed by atoms with Crippen molar-refractivity contribution in [3.8, 4) is 0 Å². The van der Waals surface area contributed by atoms with Crippen LogP contribution in [0.3, 0.4) is 0 Å². The van der Waals surface area contributed by atoms with E-state index in [0.717, 1.165) is 36.0 Å². The SMILES string of the molecule is CO[C@@H]1C[C@@H](c2nc(C)c(C)[nH]2)N(c2nc(C(C)C)no2)C1. The molecule has 1 fully saturated rings. The molecule has 1 saturated heterocycles. The van der Waals surface area contributed by atoms with Crippen LogP contribution in [-0.2, 0) is 4.74 Å². The zero-order valence-corrected chi connectivity index (χ0v) is 13.8. The van der Waals surface area contributed by atoms with Crippen molar-refractivity contribution in [2.24, 2.45) is 0 Å². The Bertz CT molecular complexity index is 629. The monoisotopic (exact) mass is 305 g/mol. The number of nitrogens with one attached hydrogen (secondary N) is 1. The summed E-state index contributed by atoms with van der Waals surface area (Å²) in [5.74, 6) is 1.89. The van der Waals surface area contributed by atoms with E-state index in [1.807, 2.05) is 27.7 Å². The number of aryl methyl sites for hydroxylation is 2. The van der Waals surface area contributed by atoms with E-state index in [1.165, 1.54) is 0 Å². The summed E-state index contributed by atoms with van der Waals surface area (Å²) in [6.45, 7) is 8.86. The largest absolute Gasteiger partial charge is 0.380 e. The summed E-state index contributed by atoms with van der Waals surface area (Å²) < 4.78 is 11.0. The highest BCUT2D eigenvalue weighted by Crippen LogP contribution is 2.35. The van der Waals surface area contributed by atoms with Crippen molar-refractivity contribution in [2.75, 3.05) is 18.6 Å². The number of imidazole rings is 1. The average Bonchev–Trinajstić information content (AvgIpc) is 3.17. The third-order valence-corrected chi connectivity index (χ3v) is 4.25. The highest BCUT2D eigenvalue weighted by atomic mass is 16.5. The lowest BCUT2D eigenvalue weighted by atomic mass is 10.2. The van der Waals surface area contributed by atoms with Crippen LogP contribution in [0.4, 0.5) is 6.01 Å². The van der Waals surface area contributed by atoms with Crippen LogP contribution in [0.25, 0.3) is 0 Å². The Morgan fingerprint density at radius 1 is 1.32 bits per heavy atom. The zero-order valence-electron chi connectivity index (χ0n) is 13.8. The minimum absolute atomic E-state index is 0.0674. The maximum absolute atomic E-state index is 5.53. The Hall–Kier alpha value is -1.89. The molecule has 7 nitrogen and oxygen atoms in total. The number of nitrogens with zero attached hydrogens (tertiary/aromatic N) is 4. The first-order chi connectivity index (χ1) is 10.5.